The number of carbonyl (C=O) groups excluding carboxylic acids is 1. The van der Waals surface area contributed by atoms with E-state index in [2.05, 4.69) is 0 Å². The van der Waals surface area contributed by atoms with Crippen LogP contribution in [0, 0.1) is 5.82 Å². The van der Waals surface area contributed by atoms with Crippen molar-refractivity contribution in [1.29, 1.82) is 0 Å². The smallest absolute Gasteiger partial charge is 0.325 e. The number of nitrogens with two attached hydrogens (primary N) is 2. The highest BCUT2D eigenvalue weighted by Crippen LogP contribution is 2.05. The number of aliphatic carboxylic acids is 1. The molecule has 0 aliphatic rings. The van der Waals surface area contributed by atoms with Crippen molar-refractivity contribution in [3.63, 3.8) is 0 Å². The molecule has 0 aromatic heterocycles. The molecule has 0 aliphatic heterocycles. The number of ether oxygens (including phenoxy) is 1. The third kappa shape index (κ3) is 3.79. The molecule has 0 fully saturated rings. The Labute approximate surface area is 102 Å². The quantitative estimate of drug-likeness (QED) is 0.618. The first kappa shape index (κ1) is 14.1. The molecule has 1 aromatic rings. The molecule has 2 atom stereocenters. The molecular formula is C11H13FN2O4. The molecule has 0 heterocycles. The Kier molecular flexibility index (Phi) is 4.75. The first-order valence-corrected chi connectivity index (χ1v) is 5.07. The van der Waals surface area contributed by atoms with Gasteiger partial charge < -0.3 is 21.3 Å². The highest BCUT2D eigenvalue weighted by molar-refractivity contribution is 5.85. The number of hydrogen-bond acceptors (Lipinski definition) is 5. The van der Waals surface area contributed by atoms with Crippen molar-refractivity contribution in [1.82, 2.24) is 0 Å². The fraction of sp³-hybridized carbons (Fsp3) is 0.273. The van der Waals surface area contributed by atoms with Gasteiger partial charge in [0.1, 0.15) is 24.5 Å². The Morgan fingerprint density at radius 1 is 1.22 bits per heavy atom. The molecule has 0 saturated carbocycles. The predicted molar refractivity (Wildman–Crippen MR) is 59.8 cm³/mol. The van der Waals surface area contributed by atoms with Crippen LogP contribution in [0.3, 0.4) is 0 Å². The molecular weight excluding hydrogens is 243 g/mol. The number of rotatable bonds is 5. The van der Waals surface area contributed by atoms with Crippen molar-refractivity contribution in [3.8, 4) is 0 Å². The van der Waals surface area contributed by atoms with Crippen molar-refractivity contribution in [2.45, 2.75) is 18.7 Å². The van der Waals surface area contributed by atoms with Gasteiger partial charge in [-0.05, 0) is 17.7 Å². The van der Waals surface area contributed by atoms with E-state index in [1.54, 1.807) is 0 Å². The first-order chi connectivity index (χ1) is 8.41. The maximum Gasteiger partial charge on any atom is 0.325 e. The second kappa shape index (κ2) is 6.08. The van der Waals surface area contributed by atoms with Gasteiger partial charge in [-0.15, -0.1) is 0 Å². The second-order valence-electron chi connectivity index (χ2n) is 3.62. The SMILES string of the molecule is NC(C(=O)O)C(N)C(=O)OCc1ccc(F)cc1. The lowest BCUT2D eigenvalue weighted by Gasteiger charge is -2.14. The summed E-state index contributed by atoms with van der Waals surface area (Å²) in [7, 11) is 0. The van der Waals surface area contributed by atoms with Crippen LogP contribution in [0.15, 0.2) is 24.3 Å². The minimum Gasteiger partial charge on any atom is -0.480 e. The third-order valence-electron chi connectivity index (χ3n) is 2.24. The molecule has 5 N–H and O–H groups in total. The van der Waals surface area contributed by atoms with Gasteiger partial charge in [-0.25, -0.2) is 4.39 Å². The summed E-state index contributed by atoms with van der Waals surface area (Å²) in [6.45, 7) is -0.126. The lowest BCUT2D eigenvalue weighted by molar-refractivity contribution is -0.151. The highest BCUT2D eigenvalue weighted by Gasteiger charge is 2.28. The zero-order valence-electron chi connectivity index (χ0n) is 9.38. The first-order valence-electron chi connectivity index (χ1n) is 5.07. The Hall–Kier alpha value is -1.99. The largest absolute Gasteiger partial charge is 0.480 e. The summed E-state index contributed by atoms with van der Waals surface area (Å²) in [4.78, 5) is 21.9. The van der Waals surface area contributed by atoms with Crippen LogP contribution in [0.4, 0.5) is 4.39 Å². The topological polar surface area (TPSA) is 116 Å². The van der Waals surface area contributed by atoms with Gasteiger partial charge in [0.2, 0.25) is 0 Å². The van der Waals surface area contributed by atoms with E-state index >= 15 is 0 Å². The number of carboxylic acid groups (broad SMARTS) is 1. The van der Waals surface area contributed by atoms with E-state index < -0.39 is 29.8 Å². The van der Waals surface area contributed by atoms with E-state index in [1.165, 1.54) is 24.3 Å². The molecule has 2 unspecified atom stereocenters. The van der Waals surface area contributed by atoms with Crippen LogP contribution in [0.5, 0.6) is 0 Å². The van der Waals surface area contributed by atoms with Crippen LogP contribution in [-0.2, 0) is 20.9 Å². The van der Waals surface area contributed by atoms with Crippen molar-refractivity contribution in [3.05, 3.63) is 35.6 Å². The zero-order chi connectivity index (χ0) is 13.7. The van der Waals surface area contributed by atoms with Gasteiger partial charge in [-0.2, -0.15) is 0 Å². The van der Waals surface area contributed by atoms with Gasteiger partial charge in [-0.1, -0.05) is 12.1 Å². The molecule has 18 heavy (non-hydrogen) atoms. The maximum absolute atomic E-state index is 12.6. The number of esters is 1. The maximum atomic E-state index is 12.6. The molecule has 0 radical (unpaired) electrons. The fourth-order valence-electron chi connectivity index (χ4n) is 1.13. The summed E-state index contributed by atoms with van der Waals surface area (Å²) in [5.74, 6) is -2.72. The zero-order valence-corrected chi connectivity index (χ0v) is 9.38. The molecule has 98 valence electrons. The summed E-state index contributed by atoms with van der Waals surface area (Å²) < 4.78 is 17.4. The van der Waals surface area contributed by atoms with Crippen molar-refractivity contribution < 1.29 is 23.8 Å². The number of carbonyl (C=O) groups is 2. The van der Waals surface area contributed by atoms with Gasteiger partial charge in [0.15, 0.2) is 0 Å². The van der Waals surface area contributed by atoms with Crippen molar-refractivity contribution >= 4 is 11.9 Å². The second-order valence-corrected chi connectivity index (χ2v) is 3.62. The van der Waals surface area contributed by atoms with E-state index in [-0.39, 0.29) is 6.61 Å². The summed E-state index contributed by atoms with van der Waals surface area (Å²) in [5, 5.41) is 8.56. The number of halogens is 1. The van der Waals surface area contributed by atoms with Crippen LogP contribution in [0.1, 0.15) is 5.56 Å². The monoisotopic (exact) mass is 256 g/mol. The van der Waals surface area contributed by atoms with E-state index in [0.29, 0.717) is 5.56 Å². The summed E-state index contributed by atoms with van der Waals surface area (Å²) in [6.07, 6.45) is 0. The molecule has 0 spiro atoms. The average Bonchev–Trinajstić information content (AvgIpc) is 2.35. The minimum atomic E-state index is -1.52. The van der Waals surface area contributed by atoms with Gasteiger partial charge in [0, 0.05) is 0 Å². The molecule has 0 amide bonds. The molecule has 0 bridgehead atoms. The fourth-order valence-corrected chi connectivity index (χ4v) is 1.13. The van der Waals surface area contributed by atoms with E-state index in [1.807, 2.05) is 0 Å². The van der Waals surface area contributed by atoms with Crippen LogP contribution in [-0.4, -0.2) is 29.1 Å². The molecule has 1 aromatic carbocycles. The van der Waals surface area contributed by atoms with Gasteiger partial charge in [0.25, 0.3) is 0 Å². The van der Waals surface area contributed by atoms with E-state index in [0.717, 1.165) is 0 Å². The summed E-state index contributed by atoms with van der Waals surface area (Å²) in [6, 6.07) is 2.34. The van der Waals surface area contributed by atoms with Crippen LogP contribution < -0.4 is 11.5 Å². The standard InChI is InChI=1S/C11H13FN2O4/c12-7-3-1-6(2-4-7)5-18-11(17)9(14)8(13)10(15)16/h1-4,8-9H,5,13-14H2,(H,15,16). The lowest BCUT2D eigenvalue weighted by atomic mass is 10.1. The third-order valence-corrected chi connectivity index (χ3v) is 2.24. The average molecular weight is 256 g/mol. The van der Waals surface area contributed by atoms with Gasteiger partial charge in [-0.3, -0.25) is 9.59 Å². The number of benzene rings is 1. The molecule has 1 rings (SSSR count). The highest BCUT2D eigenvalue weighted by atomic mass is 19.1. The number of hydrogen-bond donors (Lipinski definition) is 3. The number of carboxylic acids is 1. The van der Waals surface area contributed by atoms with E-state index in [9.17, 15) is 14.0 Å². The molecule has 0 saturated heterocycles. The molecule has 7 heteroatoms. The van der Waals surface area contributed by atoms with Crippen molar-refractivity contribution in [2.24, 2.45) is 11.5 Å². The van der Waals surface area contributed by atoms with Gasteiger partial charge >= 0.3 is 11.9 Å². The Balaban J connectivity index is 2.50. The predicted octanol–water partition coefficient (Wildman–Crippen LogP) is -0.392. The Morgan fingerprint density at radius 2 is 1.78 bits per heavy atom. The summed E-state index contributed by atoms with van der Waals surface area (Å²) in [5.41, 5.74) is 11.0. The molecule has 6 nitrogen and oxygen atoms in total. The van der Waals surface area contributed by atoms with Gasteiger partial charge in [0.05, 0.1) is 0 Å². The summed E-state index contributed by atoms with van der Waals surface area (Å²) >= 11 is 0. The Morgan fingerprint density at radius 3 is 2.28 bits per heavy atom. The Bertz CT molecular complexity index is 435. The molecule has 0 aliphatic carbocycles. The minimum absolute atomic E-state index is 0.126. The lowest BCUT2D eigenvalue weighted by Crippen LogP contribution is -2.52. The van der Waals surface area contributed by atoms with Crippen LogP contribution >= 0.6 is 0 Å². The normalized spacial score (nSPS) is 13.7. The van der Waals surface area contributed by atoms with E-state index in [4.69, 9.17) is 21.3 Å². The van der Waals surface area contributed by atoms with Crippen molar-refractivity contribution in [2.75, 3.05) is 0 Å². The van der Waals surface area contributed by atoms with Crippen LogP contribution in [0.25, 0.3) is 0 Å². The van der Waals surface area contributed by atoms with Crippen LogP contribution in [0.2, 0.25) is 0 Å².